The van der Waals surface area contributed by atoms with Crippen LogP contribution in [0.4, 0.5) is 0 Å². The maximum absolute atomic E-state index is 12.5. The highest BCUT2D eigenvalue weighted by molar-refractivity contribution is 5.89. The van der Waals surface area contributed by atoms with Crippen molar-refractivity contribution in [3.63, 3.8) is 0 Å². The summed E-state index contributed by atoms with van der Waals surface area (Å²) in [6.45, 7) is 8.18. The van der Waals surface area contributed by atoms with Crippen molar-refractivity contribution < 1.29 is 24.5 Å². The summed E-state index contributed by atoms with van der Waals surface area (Å²) >= 11 is 0. The molecule has 25 heavy (non-hydrogen) atoms. The molecule has 1 saturated heterocycles. The molecule has 0 saturated carbocycles. The van der Waals surface area contributed by atoms with Crippen LogP contribution in [0.2, 0.25) is 0 Å². The summed E-state index contributed by atoms with van der Waals surface area (Å²) < 4.78 is 5.52. The molecule has 0 aromatic heterocycles. The van der Waals surface area contributed by atoms with Gasteiger partial charge in [-0.15, -0.1) is 0 Å². The number of carbonyl (C=O) groups is 2. The molecule has 1 fully saturated rings. The fourth-order valence-corrected chi connectivity index (χ4v) is 4.62. The third kappa shape index (κ3) is 3.30. The number of ether oxygens (including phenoxy) is 1. The molecule has 1 aliphatic heterocycles. The Bertz CT molecular complexity index is 546. The number of hydrogen-bond acceptors (Lipinski definition) is 3. The van der Waals surface area contributed by atoms with Crippen molar-refractivity contribution in [2.45, 2.75) is 78.7 Å². The number of carboxylic acid groups (broad SMARTS) is 2. The first-order chi connectivity index (χ1) is 11.8. The standard InChI is InChI=1S/C20H32O5/c1-5-13(6-2)9-19(17(21)22)11-15-16(25-15)12-20(19,18(23)24)10-14(7-3)8-4/h11,13-14,16H,5-10,12H2,1-4H3,(H,21,22)(H,23,24). The van der Waals surface area contributed by atoms with Crippen molar-refractivity contribution in [3.05, 3.63) is 11.8 Å². The molecule has 0 amide bonds. The molecule has 1 heterocycles. The van der Waals surface area contributed by atoms with E-state index in [4.69, 9.17) is 4.74 Å². The second kappa shape index (κ2) is 7.38. The van der Waals surface area contributed by atoms with Gasteiger partial charge in [-0.05, 0) is 30.8 Å². The quantitative estimate of drug-likeness (QED) is 0.567. The first-order valence-corrected chi connectivity index (χ1v) is 9.66. The Kier molecular flexibility index (Phi) is 5.85. The van der Waals surface area contributed by atoms with E-state index in [9.17, 15) is 19.8 Å². The second-order valence-electron chi connectivity index (χ2n) is 7.79. The number of carboxylic acids is 2. The predicted molar refractivity (Wildman–Crippen MR) is 95.1 cm³/mol. The highest BCUT2D eigenvalue weighted by atomic mass is 16.6. The molecule has 3 atom stereocenters. The summed E-state index contributed by atoms with van der Waals surface area (Å²) in [5.41, 5.74) is -2.69. The van der Waals surface area contributed by atoms with Gasteiger partial charge < -0.3 is 14.9 Å². The minimum absolute atomic E-state index is 0.184. The Morgan fingerprint density at radius 2 is 1.56 bits per heavy atom. The summed E-state index contributed by atoms with van der Waals surface area (Å²) in [6, 6.07) is 0. The lowest BCUT2D eigenvalue weighted by Crippen LogP contribution is -2.55. The Hall–Kier alpha value is -1.52. The van der Waals surface area contributed by atoms with Crippen molar-refractivity contribution in [2.75, 3.05) is 0 Å². The summed E-state index contributed by atoms with van der Waals surface area (Å²) in [4.78, 5) is 25.1. The van der Waals surface area contributed by atoms with E-state index < -0.39 is 22.8 Å². The monoisotopic (exact) mass is 352 g/mol. The normalized spacial score (nSPS) is 30.6. The van der Waals surface area contributed by atoms with Crippen LogP contribution in [0.1, 0.15) is 72.6 Å². The summed E-state index contributed by atoms with van der Waals surface area (Å²) in [5, 5.41) is 20.5. The number of epoxide rings is 1. The van der Waals surface area contributed by atoms with E-state index in [2.05, 4.69) is 0 Å². The second-order valence-corrected chi connectivity index (χ2v) is 7.79. The van der Waals surface area contributed by atoms with E-state index in [1.54, 1.807) is 6.08 Å². The zero-order chi connectivity index (χ0) is 18.8. The maximum atomic E-state index is 12.5. The zero-order valence-electron chi connectivity index (χ0n) is 15.9. The maximum Gasteiger partial charge on any atom is 0.314 e. The van der Waals surface area contributed by atoms with Gasteiger partial charge in [0.1, 0.15) is 11.2 Å². The van der Waals surface area contributed by atoms with E-state index in [0.29, 0.717) is 18.6 Å². The fourth-order valence-electron chi connectivity index (χ4n) is 4.62. The number of rotatable bonds is 10. The van der Waals surface area contributed by atoms with Gasteiger partial charge in [0.25, 0.3) is 0 Å². The molecule has 0 radical (unpaired) electrons. The van der Waals surface area contributed by atoms with Crippen LogP contribution in [0.5, 0.6) is 0 Å². The van der Waals surface area contributed by atoms with Crippen molar-refractivity contribution >= 4 is 11.9 Å². The van der Waals surface area contributed by atoms with Crippen LogP contribution in [0.15, 0.2) is 11.8 Å². The first kappa shape index (κ1) is 19.8. The molecule has 0 aromatic rings. The van der Waals surface area contributed by atoms with Gasteiger partial charge in [0, 0.05) is 6.42 Å². The molecule has 5 heteroatoms. The van der Waals surface area contributed by atoms with Gasteiger partial charge in [0.2, 0.25) is 0 Å². The molecule has 142 valence electrons. The van der Waals surface area contributed by atoms with Gasteiger partial charge in [-0.3, -0.25) is 9.59 Å². The molecular weight excluding hydrogens is 320 g/mol. The Labute approximate surface area is 150 Å². The lowest BCUT2D eigenvalue weighted by atomic mass is 9.52. The van der Waals surface area contributed by atoms with Crippen molar-refractivity contribution in [3.8, 4) is 0 Å². The number of aliphatic carboxylic acids is 2. The smallest absolute Gasteiger partial charge is 0.314 e. The van der Waals surface area contributed by atoms with E-state index >= 15 is 0 Å². The van der Waals surface area contributed by atoms with Crippen LogP contribution in [0.3, 0.4) is 0 Å². The summed E-state index contributed by atoms with van der Waals surface area (Å²) in [6.07, 6.45) is 5.88. The molecule has 0 spiro atoms. The van der Waals surface area contributed by atoms with Crippen molar-refractivity contribution in [1.29, 1.82) is 0 Å². The SMILES string of the molecule is CCC(CC)CC1(C(=O)O)C=C2OC2CC1(CC(CC)CC)C(=O)O. The third-order valence-electron chi connectivity index (χ3n) is 6.66. The minimum Gasteiger partial charge on any atom is -0.483 e. The Morgan fingerprint density at radius 3 is 2.00 bits per heavy atom. The molecule has 2 N–H and O–H groups in total. The van der Waals surface area contributed by atoms with Crippen LogP contribution >= 0.6 is 0 Å². The molecular formula is C20H32O5. The van der Waals surface area contributed by atoms with Crippen molar-refractivity contribution in [1.82, 2.24) is 0 Å². The van der Waals surface area contributed by atoms with Gasteiger partial charge in [-0.25, -0.2) is 0 Å². The Balaban J connectivity index is 2.57. The van der Waals surface area contributed by atoms with Gasteiger partial charge in [-0.2, -0.15) is 0 Å². The molecule has 2 rings (SSSR count). The van der Waals surface area contributed by atoms with Gasteiger partial charge in [0.15, 0.2) is 6.10 Å². The topological polar surface area (TPSA) is 87.1 Å². The molecule has 5 nitrogen and oxygen atoms in total. The van der Waals surface area contributed by atoms with Gasteiger partial charge >= 0.3 is 11.9 Å². The van der Waals surface area contributed by atoms with Gasteiger partial charge in [-0.1, -0.05) is 53.4 Å². The summed E-state index contributed by atoms with van der Waals surface area (Å²) in [7, 11) is 0. The average molecular weight is 352 g/mol. The molecule has 2 aliphatic rings. The lowest BCUT2D eigenvalue weighted by molar-refractivity contribution is -0.175. The zero-order valence-corrected chi connectivity index (χ0v) is 15.9. The molecule has 1 aliphatic carbocycles. The third-order valence-corrected chi connectivity index (χ3v) is 6.66. The van der Waals surface area contributed by atoms with Crippen LogP contribution in [-0.2, 0) is 14.3 Å². The predicted octanol–water partition coefficient (Wildman–Crippen LogP) is 4.47. The van der Waals surface area contributed by atoms with Crippen LogP contribution in [0.25, 0.3) is 0 Å². The van der Waals surface area contributed by atoms with E-state index in [0.717, 1.165) is 25.7 Å². The number of hydrogen-bond donors (Lipinski definition) is 2. The van der Waals surface area contributed by atoms with E-state index in [1.807, 2.05) is 27.7 Å². The van der Waals surface area contributed by atoms with Crippen LogP contribution in [-0.4, -0.2) is 28.3 Å². The minimum atomic E-state index is -1.39. The first-order valence-electron chi connectivity index (χ1n) is 9.66. The largest absolute Gasteiger partial charge is 0.483 e. The molecule has 3 unspecified atom stereocenters. The fraction of sp³-hybridized carbons (Fsp3) is 0.800. The van der Waals surface area contributed by atoms with Crippen LogP contribution in [0, 0.1) is 22.7 Å². The summed E-state index contributed by atoms with van der Waals surface area (Å²) in [5.74, 6) is -0.948. The van der Waals surface area contributed by atoms with Crippen LogP contribution < -0.4 is 0 Å². The van der Waals surface area contributed by atoms with Crippen molar-refractivity contribution in [2.24, 2.45) is 22.7 Å². The lowest BCUT2D eigenvalue weighted by Gasteiger charge is -2.47. The molecule has 0 aromatic carbocycles. The van der Waals surface area contributed by atoms with E-state index in [1.165, 1.54) is 0 Å². The highest BCUT2D eigenvalue weighted by Gasteiger charge is 2.67. The molecule has 0 bridgehead atoms. The number of fused-ring (bicyclic) bond motifs is 1. The van der Waals surface area contributed by atoms with Gasteiger partial charge in [0.05, 0.1) is 5.41 Å². The highest BCUT2D eigenvalue weighted by Crippen LogP contribution is 2.61. The van der Waals surface area contributed by atoms with E-state index in [-0.39, 0.29) is 24.4 Å². The Morgan fingerprint density at radius 1 is 1.04 bits per heavy atom. The average Bonchev–Trinajstić information content (AvgIpc) is 3.33.